The third-order valence-electron chi connectivity index (χ3n) is 3.48. The summed E-state index contributed by atoms with van der Waals surface area (Å²) >= 11 is 12.2. The molecular weight excluding hydrogens is 297 g/mol. The number of ether oxygens (including phenoxy) is 1. The molecule has 20 heavy (non-hydrogen) atoms. The van der Waals surface area contributed by atoms with Crippen LogP contribution in [0, 0.1) is 0 Å². The van der Waals surface area contributed by atoms with Crippen LogP contribution in [0.15, 0.2) is 12.1 Å². The Bertz CT molecular complexity index is 622. The van der Waals surface area contributed by atoms with Gasteiger partial charge in [0, 0.05) is 19.0 Å². The Balaban J connectivity index is 1.93. The Morgan fingerprint density at radius 2 is 2.00 bits per heavy atom. The molecule has 0 aliphatic heterocycles. The van der Waals surface area contributed by atoms with E-state index in [-0.39, 0.29) is 0 Å². The first kappa shape index (κ1) is 14.1. The average Bonchev–Trinajstić information content (AvgIpc) is 3.21. The summed E-state index contributed by atoms with van der Waals surface area (Å²) in [5.41, 5.74) is 7.36. The molecule has 4 nitrogen and oxygen atoms in total. The maximum atomic E-state index is 6.13. The molecule has 3 rings (SSSR count). The van der Waals surface area contributed by atoms with Gasteiger partial charge in [-0.1, -0.05) is 23.2 Å². The number of nitrogens with zero attached hydrogens (tertiary/aromatic N) is 2. The number of rotatable bonds is 6. The van der Waals surface area contributed by atoms with Crippen LogP contribution in [-0.4, -0.2) is 29.3 Å². The van der Waals surface area contributed by atoms with Gasteiger partial charge in [0.2, 0.25) is 0 Å². The Morgan fingerprint density at radius 1 is 1.25 bits per heavy atom. The molecule has 1 aliphatic rings. The number of benzene rings is 1. The van der Waals surface area contributed by atoms with Crippen molar-refractivity contribution in [3.63, 3.8) is 0 Å². The molecule has 0 radical (unpaired) electrons. The second-order valence-electron chi connectivity index (χ2n) is 5.05. The van der Waals surface area contributed by atoms with Gasteiger partial charge in [-0.15, -0.1) is 0 Å². The van der Waals surface area contributed by atoms with Gasteiger partial charge in [-0.25, -0.2) is 4.98 Å². The minimum Gasteiger partial charge on any atom is -0.378 e. The molecule has 1 aromatic carbocycles. The Hall–Kier alpha value is -0.810. The van der Waals surface area contributed by atoms with E-state index in [1.807, 2.05) is 12.1 Å². The number of fused-ring (bicyclic) bond motifs is 1. The number of imidazole rings is 1. The molecule has 0 unspecified atom stereocenters. The van der Waals surface area contributed by atoms with E-state index >= 15 is 0 Å². The number of hydrogen-bond acceptors (Lipinski definition) is 3. The fourth-order valence-electron chi connectivity index (χ4n) is 2.37. The lowest BCUT2D eigenvalue weighted by molar-refractivity contribution is 0.133. The van der Waals surface area contributed by atoms with Crippen LogP contribution in [0.25, 0.3) is 11.0 Å². The zero-order valence-electron chi connectivity index (χ0n) is 11.1. The lowest BCUT2D eigenvalue weighted by Crippen LogP contribution is -2.13. The largest absolute Gasteiger partial charge is 0.378 e. The van der Waals surface area contributed by atoms with Crippen LogP contribution in [0.3, 0.4) is 0 Å². The van der Waals surface area contributed by atoms with Gasteiger partial charge in [0.05, 0.1) is 34.3 Å². The monoisotopic (exact) mass is 313 g/mol. The van der Waals surface area contributed by atoms with E-state index < -0.39 is 0 Å². The van der Waals surface area contributed by atoms with Crippen LogP contribution in [0.4, 0.5) is 0 Å². The summed E-state index contributed by atoms with van der Waals surface area (Å²) < 4.78 is 7.68. The molecule has 0 spiro atoms. The molecular formula is C14H17Cl2N3O. The highest BCUT2D eigenvalue weighted by molar-refractivity contribution is 6.42. The van der Waals surface area contributed by atoms with Crippen molar-refractivity contribution in [2.45, 2.75) is 25.3 Å². The highest BCUT2D eigenvalue weighted by Gasteiger charge is 2.29. The van der Waals surface area contributed by atoms with Crippen molar-refractivity contribution in [3.8, 4) is 0 Å². The van der Waals surface area contributed by atoms with E-state index in [0.717, 1.165) is 23.4 Å². The van der Waals surface area contributed by atoms with Crippen LogP contribution in [0.2, 0.25) is 10.0 Å². The SMILES string of the molecule is NCCOCCn1c(C2CC2)nc2cc(Cl)c(Cl)cc21. The molecule has 1 aromatic heterocycles. The quantitative estimate of drug-likeness (QED) is 0.833. The minimum absolute atomic E-state index is 0.543. The Kier molecular flexibility index (Phi) is 4.17. The summed E-state index contributed by atoms with van der Waals surface area (Å²) in [5, 5.41) is 1.11. The lowest BCUT2D eigenvalue weighted by Gasteiger charge is -2.09. The fraction of sp³-hybridized carbons (Fsp3) is 0.500. The van der Waals surface area contributed by atoms with E-state index in [1.165, 1.54) is 12.8 Å². The summed E-state index contributed by atoms with van der Waals surface area (Å²) in [6, 6.07) is 3.73. The summed E-state index contributed by atoms with van der Waals surface area (Å²) in [6.45, 7) is 2.52. The smallest absolute Gasteiger partial charge is 0.113 e. The van der Waals surface area contributed by atoms with Crippen LogP contribution < -0.4 is 5.73 Å². The van der Waals surface area contributed by atoms with Gasteiger partial charge >= 0.3 is 0 Å². The van der Waals surface area contributed by atoms with E-state index in [4.69, 9.17) is 38.7 Å². The van der Waals surface area contributed by atoms with Gasteiger partial charge in [0.25, 0.3) is 0 Å². The van der Waals surface area contributed by atoms with Crippen LogP contribution in [0.1, 0.15) is 24.6 Å². The van der Waals surface area contributed by atoms with Crippen molar-refractivity contribution >= 4 is 34.2 Å². The van der Waals surface area contributed by atoms with Crippen molar-refractivity contribution in [2.24, 2.45) is 5.73 Å². The maximum absolute atomic E-state index is 6.13. The molecule has 1 saturated carbocycles. The molecule has 0 atom stereocenters. The summed E-state index contributed by atoms with van der Waals surface area (Å²) in [7, 11) is 0. The average molecular weight is 314 g/mol. The van der Waals surface area contributed by atoms with Crippen molar-refractivity contribution < 1.29 is 4.74 Å². The zero-order valence-corrected chi connectivity index (χ0v) is 12.6. The standard InChI is InChI=1S/C14H17Cl2N3O/c15-10-7-12-13(8-11(10)16)19(4-6-20-5-3-17)14(18-12)9-1-2-9/h7-9H,1-6,17H2. The van der Waals surface area contributed by atoms with Gasteiger partial charge in [0.15, 0.2) is 0 Å². The molecule has 1 fully saturated rings. The molecule has 0 amide bonds. The van der Waals surface area contributed by atoms with Crippen LogP contribution >= 0.6 is 23.2 Å². The Labute approximate surface area is 127 Å². The van der Waals surface area contributed by atoms with Crippen LogP contribution in [-0.2, 0) is 11.3 Å². The molecule has 0 bridgehead atoms. The third-order valence-corrected chi connectivity index (χ3v) is 4.21. The summed E-state index contributed by atoms with van der Waals surface area (Å²) in [4.78, 5) is 4.72. The first-order valence-corrected chi connectivity index (χ1v) is 7.59. The normalized spacial score (nSPS) is 15.2. The van der Waals surface area contributed by atoms with Gasteiger partial charge in [0.1, 0.15) is 5.82 Å². The highest BCUT2D eigenvalue weighted by atomic mass is 35.5. The molecule has 1 heterocycles. The second-order valence-corrected chi connectivity index (χ2v) is 5.87. The number of halogens is 2. The van der Waals surface area contributed by atoms with Crippen molar-refractivity contribution in [2.75, 3.05) is 19.8 Å². The first-order valence-electron chi connectivity index (χ1n) is 6.83. The number of hydrogen-bond donors (Lipinski definition) is 1. The second kappa shape index (κ2) is 5.90. The van der Waals surface area contributed by atoms with Gasteiger partial charge in [-0.05, 0) is 25.0 Å². The number of nitrogens with two attached hydrogens (primary N) is 1. The molecule has 0 saturated heterocycles. The minimum atomic E-state index is 0.543. The van der Waals surface area contributed by atoms with E-state index in [2.05, 4.69) is 4.57 Å². The molecule has 2 N–H and O–H groups in total. The fourth-order valence-corrected chi connectivity index (χ4v) is 2.68. The predicted octanol–water partition coefficient (Wildman–Crippen LogP) is 3.20. The zero-order chi connectivity index (χ0) is 14.1. The van der Waals surface area contributed by atoms with Crippen LogP contribution in [0.5, 0.6) is 0 Å². The van der Waals surface area contributed by atoms with Gasteiger partial charge < -0.3 is 15.0 Å². The van der Waals surface area contributed by atoms with Crippen molar-refractivity contribution in [1.29, 1.82) is 0 Å². The van der Waals surface area contributed by atoms with Gasteiger partial charge in [-0.2, -0.15) is 0 Å². The summed E-state index contributed by atoms with van der Waals surface area (Å²) in [6.07, 6.45) is 2.41. The van der Waals surface area contributed by atoms with E-state index in [1.54, 1.807) is 0 Å². The highest BCUT2D eigenvalue weighted by Crippen LogP contribution is 2.41. The third kappa shape index (κ3) is 2.79. The van der Waals surface area contributed by atoms with Crippen molar-refractivity contribution in [1.82, 2.24) is 9.55 Å². The Morgan fingerprint density at radius 3 is 2.70 bits per heavy atom. The molecule has 6 heteroatoms. The lowest BCUT2D eigenvalue weighted by atomic mass is 10.3. The summed E-state index contributed by atoms with van der Waals surface area (Å²) in [5.74, 6) is 1.68. The molecule has 2 aromatic rings. The van der Waals surface area contributed by atoms with Crippen molar-refractivity contribution in [3.05, 3.63) is 28.0 Å². The maximum Gasteiger partial charge on any atom is 0.113 e. The topological polar surface area (TPSA) is 53.1 Å². The number of aromatic nitrogens is 2. The van der Waals surface area contributed by atoms with E-state index in [0.29, 0.717) is 35.7 Å². The van der Waals surface area contributed by atoms with E-state index in [9.17, 15) is 0 Å². The van der Waals surface area contributed by atoms with Gasteiger partial charge in [-0.3, -0.25) is 0 Å². The first-order chi connectivity index (χ1) is 9.70. The predicted molar refractivity (Wildman–Crippen MR) is 81.6 cm³/mol. The molecule has 1 aliphatic carbocycles. The molecule has 108 valence electrons.